The van der Waals surface area contributed by atoms with E-state index in [1.165, 1.54) is 18.2 Å². The van der Waals surface area contributed by atoms with Crippen molar-refractivity contribution in [3.8, 4) is 23.0 Å². The van der Waals surface area contributed by atoms with Crippen LogP contribution in [0.3, 0.4) is 0 Å². The first kappa shape index (κ1) is 59.8. The summed E-state index contributed by atoms with van der Waals surface area (Å²) in [6, 6.07) is 14.5. The average Bonchev–Trinajstić information content (AvgIpc) is 4.02. The number of rotatable bonds is 16. The molecule has 2 unspecified atom stereocenters. The van der Waals surface area contributed by atoms with Crippen molar-refractivity contribution >= 4 is 51.7 Å². The number of phenols is 1. The number of pyridine rings is 1. The summed E-state index contributed by atoms with van der Waals surface area (Å²) in [6.45, 7) is 10.4. The molecule has 3 amide bonds. The van der Waals surface area contributed by atoms with Gasteiger partial charge in [0, 0.05) is 74.2 Å². The number of benzene rings is 3. The van der Waals surface area contributed by atoms with E-state index < -0.39 is 29.2 Å². The molecule has 5 atom stereocenters. The van der Waals surface area contributed by atoms with Crippen molar-refractivity contribution in [2.45, 2.75) is 133 Å². The Morgan fingerprint density at radius 2 is 1.75 bits per heavy atom. The molecule has 19 heteroatoms. The first-order valence-corrected chi connectivity index (χ1v) is 28.7. The standard InChI is InChI=1S/C61H72F2N8O8.CH3.Li/c1-3-46-54(50-31-45(73)29-41-9-10-43(62)30-49(41)50)64-32-51-55(46)66-58(67-56(51)70-22-4-19-60(2,77)36-70)79-37-61-20-5-23-71(61)44(14-21-61)35-78-59(76)69-26-15-39(16-27-69)33-68-24-17-40(18-25-68)47-11-7-38(28-52(47)63)6-8-42(34-72)48-12-13-53(74)65-57(48)75;;/h9-11,28-32,39-40,42,44,48,73,77H,3-6,8,12-27,33,35-37H2,1-2H3,(H,65,74,75);1H3;/q-2;-1;+1/t42?,44-,48?,60+,61-;;/m0../s1. The third kappa shape index (κ3) is 12.9. The number of anilines is 1. The van der Waals surface area contributed by atoms with Gasteiger partial charge in [-0.1, -0.05) is 31.7 Å². The first-order chi connectivity index (χ1) is 38.2. The topological polar surface area (TPSA) is 191 Å². The molecule has 0 bridgehead atoms. The van der Waals surface area contributed by atoms with E-state index in [1.807, 2.05) is 25.0 Å². The average molecular weight is 1110 g/mol. The van der Waals surface area contributed by atoms with Gasteiger partial charge in [-0.05, 0) is 145 Å². The number of likely N-dealkylation sites (tertiary alicyclic amines) is 2. The number of halogens is 2. The van der Waals surface area contributed by atoms with Gasteiger partial charge in [0.2, 0.25) is 11.8 Å². The van der Waals surface area contributed by atoms with Crippen LogP contribution in [-0.4, -0.2) is 147 Å². The number of carbonyl (C=O) groups excluding carboxylic acids is 4. The molecular formula is C62H75F2LiN8O8-2. The molecule has 0 saturated carbocycles. The molecule has 3 aromatic carbocycles. The maximum absolute atomic E-state index is 15.5. The first-order valence-electron chi connectivity index (χ1n) is 28.7. The molecule has 8 heterocycles. The van der Waals surface area contributed by atoms with Crippen LogP contribution in [0.15, 0.2) is 48.7 Å². The number of hydrogen-bond donors (Lipinski definition) is 3. The Hall–Kier alpha value is -5.77. The van der Waals surface area contributed by atoms with E-state index in [4.69, 9.17) is 24.4 Å². The summed E-state index contributed by atoms with van der Waals surface area (Å²) >= 11 is 0. The second kappa shape index (κ2) is 25.4. The Morgan fingerprint density at radius 3 is 2.49 bits per heavy atom. The number of nitrogens with zero attached hydrogens (tertiary/aromatic N) is 7. The van der Waals surface area contributed by atoms with Gasteiger partial charge in [0.15, 0.2) is 0 Å². The van der Waals surface area contributed by atoms with Crippen molar-refractivity contribution in [1.29, 1.82) is 0 Å². The van der Waals surface area contributed by atoms with Crippen molar-refractivity contribution in [3.05, 3.63) is 90.5 Å². The molecule has 81 heavy (non-hydrogen) atoms. The number of aryl methyl sites for hydroxylation is 2. The zero-order chi connectivity index (χ0) is 55.0. The Labute approximate surface area is 485 Å². The fraction of sp³-hybridized carbons (Fsp3) is 0.548. The van der Waals surface area contributed by atoms with Gasteiger partial charge in [-0.3, -0.25) is 31.1 Å². The fourth-order valence-electron chi connectivity index (χ4n) is 13.9. The van der Waals surface area contributed by atoms with E-state index in [0.29, 0.717) is 122 Å². The molecule has 11 rings (SSSR count). The van der Waals surface area contributed by atoms with Crippen molar-refractivity contribution in [2.75, 3.05) is 70.5 Å². The number of nitrogens with one attached hydrogen (secondary N) is 1. The quantitative estimate of drug-likeness (QED) is 0.0610. The summed E-state index contributed by atoms with van der Waals surface area (Å²) < 4.78 is 43.1. The van der Waals surface area contributed by atoms with Gasteiger partial charge in [-0.2, -0.15) is 27.7 Å². The van der Waals surface area contributed by atoms with Gasteiger partial charge >= 0.3 is 31.0 Å². The van der Waals surface area contributed by atoms with Gasteiger partial charge < -0.3 is 46.6 Å². The Morgan fingerprint density at radius 1 is 0.963 bits per heavy atom. The van der Waals surface area contributed by atoms with Crippen molar-refractivity contribution in [2.24, 2.45) is 17.8 Å². The number of aromatic nitrogens is 3. The van der Waals surface area contributed by atoms with Crippen LogP contribution in [0.5, 0.6) is 11.8 Å². The second-order valence-corrected chi connectivity index (χ2v) is 23.6. The minimum absolute atomic E-state index is 0. The largest absolute Gasteiger partial charge is 1.00 e. The molecule has 2 aromatic heterocycles. The van der Waals surface area contributed by atoms with E-state index in [-0.39, 0.29) is 79.8 Å². The van der Waals surface area contributed by atoms with Crippen LogP contribution in [-0.2, 0) is 32.0 Å². The number of imide groups is 1. The summed E-state index contributed by atoms with van der Waals surface area (Å²) in [5.41, 5.74) is 2.76. The molecule has 6 aliphatic rings. The number of aromatic hydroxyl groups is 1. The van der Waals surface area contributed by atoms with Crippen LogP contribution in [0.1, 0.15) is 120 Å². The van der Waals surface area contributed by atoms with Crippen LogP contribution < -0.4 is 33.8 Å². The number of ether oxygens (including phenoxy) is 2. The number of β-amino-alcohol motifs (C(OH)–C–C–N with tert-alkyl or cyclic N) is 1. The summed E-state index contributed by atoms with van der Waals surface area (Å²) in [5, 5.41) is 26.4. The molecule has 5 aromatic rings. The van der Waals surface area contributed by atoms with Crippen LogP contribution in [0.2, 0.25) is 0 Å². The summed E-state index contributed by atoms with van der Waals surface area (Å²) in [4.78, 5) is 73.1. The molecule has 0 radical (unpaired) electrons. The predicted molar refractivity (Wildman–Crippen MR) is 300 cm³/mol. The Balaban J connectivity index is 0.00000396. The van der Waals surface area contributed by atoms with E-state index in [2.05, 4.69) is 26.1 Å². The van der Waals surface area contributed by atoms with Crippen LogP contribution in [0, 0.1) is 42.9 Å². The Kier molecular flexibility index (Phi) is 18.7. The molecule has 0 aliphatic carbocycles. The van der Waals surface area contributed by atoms with Gasteiger partial charge in [-0.15, -0.1) is 17.5 Å². The number of hydrogen-bond acceptors (Lipinski definition) is 14. The monoisotopic (exact) mass is 1100 g/mol. The van der Waals surface area contributed by atoms with Gasteiger partial charge in [-0.25, -0.2) is 13.6 Å². The van der Waals surface area contributed by atoms with E-state index in [9.17, 15) is 33.8 Å². The minimum atomic E-state index is -0.914. The second-order valence-electron chi connectivity index (χ2n) is 23.6. The molecular weight excluding hydrogens is 1030 g/mol. The number of fused-ring (bicyclic) bond motifs is 3. The summed E-state index contributed by atoms with van der Waals surface area (Å²) in [6.07, 6.45) is 13.8. The maximum Gasteiger partial charge on any atom is 1.00 e. The third-order valence-corrected chi connectivity index (χ3v) is 18.2. The minimum Gasteiger partial charge on any atom is -0.541 e. The molecule has 6 saturated heterocycles. The van der Waals surface area contributed by atoms with E-state index in [1.54, 1.807) is 30.5 Å². The summed E-state index contributed by atoms with van der Waals surface area (Å²) in [5.74, 6) is -1.48. The van der Waals surface area contributed by atoms with Crippen LogP contribution >= 0.6 is 0 Å². The molecule has 428 valence electrons. The zero-order valence-electron chi connectivity index (χ0n) is 47.4. The van der Waals surface area contributed by atoms with Gasteiger partial charge in [0.1, 0.15) is 30.6 Å². The normalized spacial score (nSPS) is 24.4. The number of carbonyl (C=O) groups is 3. The zero-order valence-corrected chi connectivity index (χ0v) is 47.4. The maximum atomic E-state index is 15.5. The van der Waals surface area contributed by atoms with Crippen LogP contribution in [0.25, 0.3) is 32.9 Å². The van der Waals surface area contributed by atoms with Gasteiger partial charge in [0.25, 0.3) is 0 Å². The molecule has 0 spiro atoms. The van der Waals surface area contributed by atoms with Gasteiger partial charge in [0.05, 0.1) is 27.7 Å². The number of phenolic OH excluding ortho intramolecular Hbond substituents is 1. The smallest absolute Gasteiger partial charge is 0.541 e. The van der Waals surface area contributed by atoms with Crippen molar-refractivity contribution < 1.29 is 66.5 Å². The fourth-order valence-corrected chi connectivity index (χ4v) is 13.9. The van der Waals surface area contributed by atoms with Crippen molar-refractivity contribution in [3.63, 3.8) is 0 Å². The van der Waals surface area contributed by atoms with E-state index in [0.717, 1.165) is 94.9 Å². The van der Waals surface area contributed by atoms with E-state index >= 15 is 4.39 Å². The Bertz CT molecular complexity index is 3120. The predicted octanol–water partition coefficient (Wildman–Crippen LogP) is 5.81. The molecule has 3 N–H and O–H groups in total. The van der Waals surface area contributed by atoms with Crippen molar-refractivity contribution in [1.82, 2.24) is 35.0 Å². The summed E-state index contributed by atoms with van der Waals surface area (Å²) in [7, 11) is 0. The molecule has 6 fully saturated rings. The number of aliphatic hydroxyl groups is 1. The molecule has 6 aliphatic heterocycles. The number of piperidine rings is 4. The SMILES string of the molecule is CCc1c(-c2cc(O)cc3ccc(F)cc23)ncc2c(N3CCC[C@@](C)(O)C3)nc(OC[C@@]34CCCN3[C@H](COC(=O)N3CCC(CN5CCC(c6c[c-]c(CCC([C-]=O)C7CCC(=O)NC7=O)cc6F)CC5)CC3)CC4)nc12.[CH3-].[Li+]. The van der Waals surface area contributed by atoms with Crippen LogP contribution in [0.4, 0.5) is 19.4 Å². The molecule has 16 nitrogen and oxygen atoms in total. The third-order valence-electron chi connectivity index (χ3n) is 18.2. The number of amides is 3.